The van der Waals surface area contributed by atoms with E-state index in [1.165, 1.54) is 0 Å². The molecule has 1 saturated carbocycles. The van der Waals surface area contributed by atoms with Gasteiger partial charge in [0.1, 0.15) is 6.04 Å². The summed E-state index contributed by atoms with van der Waals surface area (Å²) in [5.74, 6) is -0.143. The number of nitrogens with zero attached hydrogens (tertiary/aromatic N) is 1. The second-order valence-corrected chi connectivity index (χ2v) is 9.81. The third-order valence-corrected chi connectivity index (χ3v) is 7.15. The smallest absolute Gasteiger partial charge is 0.251 e. The van der Waals surface area contributed by atoms with E-state index in [0.717, 1.165) is 49.7 Å². The lowest BCUT2D eigenvalue weighted by atomic mass is 9.86. The average molecular weight is 477 g/mol. The van der Waals surface area contributed by atoms with E-state index in [2.05, 4.69) is 10.6 Å². The Bertz CT molecular complexity index is 1000. The Balaban J connectivity index is 1.30. The van der Waals surface area contributed by atoms with E-state index in [1.54, 1.807) is 17.0 Å². The maximum Gasteiger partial charge on any atom is 0.251 e. The van der Waals surface area contributed by atoms with Crippen molar-refractivity contribution >= 4 is 17.7 Å². The molecule has 1 aliphatic heterocycles. The summed E-state index contributed by atoms with van der Waals surface area (Å²) in [4.78, 5) is 40.2. The zero-order valence-corrected chi connectivity index (χ0v) is 20.2. The van der Waals surface area contributed by atoms with E-state index >= 15 is 0 Å². The largest absolute Gasteiger partial charge is 0.354 e. The minimum absolute atomic E-state index is 0.0310. The van der Waals surface area contributed by atoms with Gasteiger partial charge in [-0.2, -0.15) is 0 Å². The van der Waals surface area contributed by atoms with Crippen LogP contribution in [0.25, 0.3) is 11.1 Å². The van der Waals surface area contributed by atoms with Gasteiger partial charge in [-0.1, -0.05) is 42.5 Å². The molecule has 1 saturated heterocycles. The third-order valence-electron chi connectivity index (χ3n) is 7.15. The lowest BCUT2D eigenvalue weighted by molar-refractivity contribution is -0.137. The number of hydrogen-bond donors (Lipinski definition) is 3. The van der Waals surface area contributed by atoms with Crippen molar-refractivity contribution in [2.24, 2.45) is 11.7 Å². The van der Waals surface area contributed by atoms with Crippen LogP contribution in [0, 0.1) is 5.92 Å². The van der Waals surface area contributed by atoms with Crippen molar-refractivity contribution in [2.45, 2.75) is 57.0 Å². The minimum Gasteiger partial charge on any atom is -0.354 e. The number of hydrogen-bond acceptors (Lipinski definition) is 4. The Hall–Kier alpha value is -3.19. The van der Waals surface area contributed by atoms with Crippen LogP contribution in [-0.2, 0) is 9.59 Å². The SMILES string of the molecule is NC1CCC(CNC(=O)CN2CCCCC(NC(=O)c3ccc(-c4ccccc4)cc3)C2=O)CC1. The first-order chi connectivity index (χ1) is 17.0. The van der Waals surface area contributed by atoms with Crippen molar-refractivity contribution in [3.05, 3.63) is 60.2 Å². The van der Waals surface area contributed by atoms with Gasteiger partial charge in [-0.15, -0.1) is 0 Å². The lowest BCUT2D eigenvalue weighted by Crippen LogP contribution is -2.50. The van der Waals surface area contributed by atoms with Crippen molar-refractivity contribution in [1.82, 2.24) is 15.5 Å². The van der Waals surface area contributed by atoms with Gasteiger partial charge in [0.25, 0.3) is 5.91 Å². The molecule has 4 N–H and O–H groups in total. The van der Waals surface area contributed by atoms with E-state index < -0.39 is 6.04 Å². The first kappa shape index (κ1) is 24.9. The Morgan fingerprint density at radius 2 is 1.57 bits per heavy atom. The summed E-state index contributed by atoms with van der Waals surface area (Å²) in [7, 11) is 0. The highest BCUT2D eigenvalue weighted by molar-refractivity contribution is 5.98. The van der Waals surface area contributed by atoms with E-state index in [9.17, 15) is 14.4 Å². The van der Waals surface area contributed by atoms with Gasteiger partial charge in [-0.3, -0.25) is 14.4 Å². The number of nitrogens with two attached hydrogens (primary N) is 1. The number of nitrogens with one attached hydrogen (secondary N) is 2. The van der Waals surface area contributed by atoms with Crippen LogP contribution in [-0.4, -0.2) is 54.3 Å². The molecule has 1 atom stereocenters. The molecule has 4 rings (SSSR count). The molecule has 2 aliphatic rings. The average Bonchev–Trinajstić information content (AvgIpc) is 3.05. The van der Waals surface area contributed by atoms with Crippen LogP contribution in [0.5, 0.6) is 0 Å². The van der Waals surface area contributed by atoms with E-state index in [-0.39, 0.29) is 30.3 Å². The Kier molecular flexibility index (Phi) is 8.53. The summed E-state index contributed by atoms with van der Waals surface area (Å²) < 4.78 is 0. The molecule has 2 aromatic carbocycles. The van der Waals surface area contributed by atoms with Gasteiger partial charge >= 0.3 is 0 Å². The topological polar surface area (TPSA) is 105 Å². The number of carbonyl (C=O) groups excluding carboxylic acids is 3. The van der Waals surface area contributed by atoms with Gasteiger partial charge in [0, 0.05) is 24.7 Å². The maximum atomic E-state index is 13.1. The Morgan fingerprint density at radius 1 is 0.886 bits per heavy atom. The molecule has 0 aromatic heterocycles. The fourth-order valence-corrected chi connectivity index (χ4v) is 4.96. The predicted molar refractivity (Wildman–Crippen MR) is 137 cm³/mol. The second kappa shape index (κ2) is 12.0. The van der Waals surface area contributed by atoms with Gasteiger partial charge in [-0.25, -0.2) is 0 Å². The number of benzene rings is 2. The zero-order chi connectivity index (χ0) is 24.6. The van der Waals surface area contributed by atoms with E-state index in [4.69, 9.17) is 5.73 Å². The second-order valence-electron chi connectivity index (χ2n) is 9.81. The van der Waals surface area contributed by atoms with Crippen molar-refractivity contribution in [3.63, 3.8) is 0 Å². The molecule has 7 nitrogen and oxygen atoms in total. The van der Waals surface area contributed by atoms with Crippen LogP contribution in [0.15, 0.2) is 54.6 Å². The van der Waals surface area contributed by atoms with Gasteiger partial charge in [0.15, 0.2) is 0 Å². The van der Waals surface area contributed by atoms with Crippen LogP contribution in [0.4, 0.5) is 0 Å². The van der Waals surface area contributed by atoms with Crippen molar-refractivity contribution in [1.29, 1.82) is 0 Å². The molecule has 0 bridgehead atoms. The van der Waals surface area contributed by atoms with Crippen molar-refractivity contribution < 1.29 is 14.4 Å². The van der Waals surface area contributed by atoms with Crippen LogP contribution in [0.1, 0.15) is 55.3 Å². The van der Waals surface area contributed by atoms with Crippen LogP contribution in [0.3, 0.4) is 0 Å². The molecule has 186 valence electrons. The van der Waals surface area contributed by atoms with E-state index in [1.807, 2.05) is 42.5 Å². The summed E-state index contributed by atoms with van der Waals surface area (Å²) in [6.45, 7) is 1.19. The normalized spacial score (nSPS) is 22.8. The molecule has 35 heavy (non-hydrogen) atoms. The van der Waals surface area contributed by atoms with Crippen molar-refractivity contribution in [2.75, 3.05) is 19.6 Å². The molecule has 1 heterocycles. The molecule has 2 aromatic rings. The number of likely N-dealkylation sites (tertiary alicyclic amines) is 1. The first-order valence-electron chi connectivity index (χ1n) is 12.8. The van der Waals surface area contributed by atoms with Gasteiger partial charge in [0.05, 0.1) is 6.54 Å². The van der Waals surface area contributed by atoms with Gasteiger partial charge in [-0.05, 0) is 74.1 Å². The van der Waals surface area contributed by atoms with Crippen LogP contribution in [0.2, 0.25) is 0 Å². The highest BCUT2D eigenvalue weighted by Gasteiger charge is 2.30. The monoisotopic (exact) mass is 476 g/mol. The fourth-order valence-electron chi connectivity index (χ4n) is 4.96. The maximum absolute atomic E-state index is 13.1. The highest BCUT2D eigenvalue weighted by Crippen LogP contribution is 2.22. The molecule has 3 amide bonds. The minimum atomic E-state index is -0.619. The molecule has 1 unspecified atom stereocenters. The summed E-state index contributed by atoms with van der Waals surface area (Å²) in [5, 5.41) is 5.90. The van der Waals surface area contributed by atoms with Crippen LogP contribution >= 0.6 is 0 Å². The Labute approximate surface area is 207 Å². The summed E-state index contributed by atoms with van der Waals surface area (Å²) in [6, 6.07) is 17.0. The zero-order valence-electron chi connectivity index (χ0n) is 20.2. The van der Waals surface area contributed by atoms with Gasteiger partial charge in [0.2, 0.25) is 11.8 Å². The number of carbonyl (C=O) groups is 3. The molecule has 0 spiro atoms. The molecule has 1 aliphatic carbocycles. The molecular formula is C28H36N4O3. The fraction of sp³-hybridized carbons (Fsp3) is 0.464. The predicted octanol–water partition coefficient (Wildman–Crippen LogP) is 3.10. The summed E-state index contributed by atoms with van der Waals surface area (Å²) in [6.07, 6.45) is 6.28. The van der Waals surface area contributed by atoms with Gasteiger partial charge < -0.3 is 21.3 Å². The number of amides is 3. The van der Waals surface area contributed by atoms with Crippen LogP contribution < -0.4 is 16.4 Å². The molecule has 2 fully saturated rings. The number of rotatable bonds is 7. The lowest BCUT2D eigenvalue weighted by Gasteiger charge is -2.27. The third kappa shape index (κ3) is 6.92. The quantitative estimate of drug-likeness (QED) is 0.571. The molecule has 0 radical (unpaired) electrons. The summed E-state index contributed by atoms with van der Waals surface area (Å²) in [5.41, 5.74) is 8.58. The van der Waals surface area contributed by atoms with E-state index in [0.29, 0.717) is 31.0 Å². The first-order valence-corrected chi connectivity index (χ1v) is 12.8. The summed E-state index contributed by atoms with van der Waals surface area (Å²) >= 11 is 0. The van der Waals surface area contributed by atoms with Crippen molar-refractivity contribution in [3.8, 4) is 11.1 Å². The standard InChI is InChI=1S/C28H36N4O3/c29-24-15-9-20(10-16-24)18-30-26(33)19-32-17-5-4-8-25(28(32)35)31-27(34)23-13-11-22(12-14-23)21-6-2-1-3-7-21/h1-3,6-7,11-14,20,24-25H,4-5,8-10,15-19,29H2,(H,30,33)(H,31,34). The Morgan fingerprint density at radius 3 is 2.29 bits per heavy atom. The molecular weight excluding hydrogens is 440 g/mol. The molecule has 7 heteroatoms. The highest BCUT2D eigenvalue weighted by atomic mass is 16.2.